The smallest absolute Gasteiger partial charge is 0.233 e. The average molecular weight is 170 g/mol. The molecule has 4 nitrogen and oxygen atoms in total. The zero-order valence-corrected chi connectivity index (χ0v) is 6.63. The van der Waals surface area contributed by atoms with E-state index < -0.39 is 5.95 Å². The van der Waals surface area contributed by atoms with Crippen LogP contribution in [-0.2, 0) is 6.54 Å². The highest BCUT2D eigenvalue weighted by Gasteiger charge is 1.94. The molecule has 0 spiro atoms. The summed E-state index contributed by atoms with van der Waals surface area (Å²) in [4.78, 5) is 0. The van der Waals surface area contributed by atoms with Crippen LogP contribution in [0.4, 0.5) is 4.39 Å². The standard InChI is InChI=1S/C7H11FN4/c8-7-2-1-6(11-12-7)5-10-4-3-9/h1-2,10H,3-5,9H2. The molecule has 0 amide bonds. The summed E-state index contributed by atoms with van der Waals surface area (Å²) in [6, 6.07) is 2.87. The fraction of sp³-hybridized carbons (Fsp3) is 0.429. The number of nitrogens with two attached hydrogens (primary N) is 1. The minimum atomic E-state index is -0.558. The third kappa shape index (κ3) is 2.89. The van der Waals surface area contributed by atoms with Crippen LogP contribution in [0.25, 0.3) is 0 Å². The summed E-state index contributed by atoms with van der Waals surface area (Å²) in [6.45, 7) is 1.87. The number of nitrogens with one attached hydrogen (secondary N) is 1. The van der Waals surface area contributed by atoms with Crippen molar-refractivity contribution in [1.82, 2.24) is 15.5 Å². The predicted octanol–water partition coefficient (Wildman–Crippen LogP) is -0.336. The van der Waals surface area contributed by atoms with Crippen LogP contribution in [0.2, 0.25) is 0 Å². The molecular weight excluding hydrogens is 159 g/mol. The van der Waals surface area contributed by atoms with E-state index >= 15 is 0 Å². The molecule has 0 aliphatic rings. The Balaban J connectivity index is 2.37. The number of halogens is 1. The molecule has 0 saturated heterocycles. The van der Waals surface area contributed by atoms with Gasteiger partial charge in [-0.1, -0.05) is 0 Å². The Morgan fingerprint density at radius 3 is 2.83 bits per heavy atom. The molecule has 0 aromatic carbocycles. The Morgan fingerprint density at radius 1 is 1.42 bits per heavy atom. The normalized spacial score (nSPS) is 10.2. The van der Waals surface area contributed by atoms with Gasteiger partial charge in [-0.25, -0.2) is 0 Å². The SMILES string of the molecule is NCCNCc1ccc(F)nn1. The van der Waals surface area contributed by atoms with Gasteiger partial charge >= 0.3 is 0 Å². The van der Waals surface area contributed by atoms with Crippen LogP contribution in [0.15, 0.2) is 12.1 Å². The molecule has 12 heavy (non-hydrogen) atoms. The third-order valence-corrected chi connectivity index (χ3v) is 1.31. The first-order valence-electron chi connectivity index (χ1n) is 3.72. The van der Waals surface area contributed by atoms with E-state index in [1.807, 2.05) is 0 Å². The topological polar surface area (TPSA) is 63.8 Å². The molecule has 0 atom stereocenters. The number of rotatable bonds is 4. The Labute approximate surface area is 70.0 Å². The molecule has 0 aliphatic carbocycles. The van der Waals surface area contributed by atoms with Crippen LogP contribution in [0, 0.1) is 5.95 Å². The van der Waals surface area contributed by atoms with Crippen LogP contribution in [-0.4, -0.2) is 23.3 Å². The number of nitrogens with zero attached hydrogens (tertiary/aromatic N) is 2. The van der Waals surface area contributed by atoms with Crippen LogP contribution in [0.5, 0.6) is 0 Å². The highest BCUT2D eigenvalue weighted by Crippen LogP contribution is 1.93. The molecular formula is C7H11FN4. The summed E-state index contributed by atoms with van der Waals surface area (Å²) in [7, 11) is 0. The molecule has 5 heteroatoms. The molecule has 0 saturated carbocycles. The maximum absolute atomic E-state index is 12.3. The van der Waals surface area contributed by atoms with E-state index in [9.17, 15) is 4.39 Å². The highest BCUT2D eigenvalue weighted by atomic mass is 19.1. The van der Waals surface area contributed by atoms with Crippen LogP contribution < -0.4 is 11.1 Å². The Bertz CT molecular complexity index is 223. The number of hydrogen-bond donors (Lipinski definition) is 2. The molecule has 1 rings (SSSR count). The zero-order chi connectivity index (χ0) is 8.81. The summed E-state index contributed by atoms with van der Waals surface area (Å²) in [5.41, 5.74) is 5.97. The van der Waals surface area contributed by atoms with Crippen molar-refractivity contribution in [3.05, 3.63) is 23.8 Å². The summed E-state index contributed by atoms with van der Waals surface area (Å²) in [5, 5.41) is 9.91. The molecule has 0 fully saturated rings. The minimum Gasteiger partial charge on any atom is -0.329 e. The second-order valence-electron chi connectivity index (χ2n) is 2.31. The molecule has 0 radical (unpaired) electrons. The quantitative estimate of drug-likeness (QED) is 0.607. The first-order chi connectivity index (χ1) is 5.83. The van der Waals surface area contributed by atoms with Gasteiger partial charge in [0, 0.05) is 19.6 Å². The van der Waals surface area contributed by atoms with Crippen molar-refractivity contribution < 1.29 is 4.39 Å². The lowest BCUT2D eigenvalue weighted by Gasteiger charge is -2.00. The molecule has 66 valence electrons. The molecule has 1 aromatic rings. The van der Waals surface area contributed by atoms with Gasteiger partial charge in [0.25, 0.3) is 0 Å². The zero-order valence-electron chi connectivity index (χ0n) is 6.63. The molecule has 0 aliphatic heterocycles. The second-order valence-corrected chi connectivity index (χ2v) is 2.31. The van der Waals surface area contributed by atoms with E-state index in [0.29, 0.717) is 18.8 Å². The first-order valence-corrected chi connectivity index (χ1v) is 3.72. The van der Waals surface area contributed by atoms with Gasteiger partial charge in [-0.2, -0.15) is 9.49 Å². The summed E-state index contributed by atoms with van der Waals surface area (Å²) in [6.07, 6.45) is 0. The number of hydrogen-bond acceptors (Lipinski definition) is 4. The van der Waals surface area contributed by atoms with Gasteiger partial charge in [0.15, 0.2) is 0 Å². The first kappa shape index (κ1) is 9.02. The van der Waals surface area contributed by atoms with Crippen LogP contribution >= 0.6 is 0 Å². The van der Waals surface area contributed by atoms with Crippen molar-refractivity contribution in [3.8, 4) is 0 Å². The van der Waals surface area contributed by atoms with Crippen molar-refractivity contribution in [2.24, 2.45) is 5.73 Å². The Kier molecular flexibility index (Phi) is 3.56. The van der Waals surface area contributed by atoms with Crippen molar-refractivity contribution in [2.45, 2.75) is 6.54 Å². The average Bonchev–Trinajstić information content (AvgIpc) is 2.09. The van der Waals surface area contributed by atoms with Crippen molar-refractivity contribution in [1.29, 1.82) is 0 Å². The van der Waals surface area contributed by atoms with Gasteiger partial charge in [0.1, 0.15) is 0 Å². The number of aromatic nitrogens is 2. The van der Waals surface area contributed by atoms with Crippen molar-refractivity contribution in [2.75, 3.05) is 13.1 Å². The van der Waals surface area contributed by atoms with Gasteiger partial charge in [-0.3, -0.25) is 0 Å². The van der Waals surface area contributed by atoms with E-state index in [-0.39, 0.29) is 0 Å². The third-order valence-electron chi connectivity index (χ3n) is 1.31. The lowest BCUT2D eigenvalue weighted by molar-refractivity contribution is 0.553. The van der Waals surface area contributed by atoms with Gasteiger partial charge in [0.05, 0.1) is 5.69 Å². The van der Waals surface area contributed by atoms with E-state index in [1.54, 1.807) is 6.07 Å². The summed E-state index contributed by atoms with van der Waals surface area (Å²) < 4.78 is 12.3. The van der Waals surface area contributed by atoms with Crippen molar-refractivity contribution in [3.63, 3.8) is 0 Å². The van der Waals surface area contributed by atoms with Gasteiger partial charge in [-0.05, 0) is 12.1 Å². The van der Waals surface area contributed by atoms with Gasteiger partial charge in [0.2, 0.25) is 5.95 Å². The van der Waals surface area contributed by atoms with Gasteiger partial charge < -0.3 is 11.1 Å². The fourth-order valence-corrected chi connectivity index (χ4v) is 0.756. The molecule has 0 bridgehead atoms. The maximum Gasteiger partial charge on any atom is 0.233 e. The summed E-state index contributed by atoms with van der Waals surface area (Å²) in [5.74, 6) is -0.558. The fourth-order valence-electron chi connectivity index (χ4n) is 0.756. The molecule has 1 aromatic heterocycles. The second kappa shape index (κ2) is 4.74. The highest BCUT2D eigenvalue weighted by molar-refractivity contribution is 4.99. The van der Waals surface area contributed by atoms with Crippen LogP contribution in [0.3, 0.4) is 0 Å². The van der Waals surface area contributed by atoms with E-state index in [4.69, 9.17) is 5.73 Å². The molecule has 3 N–H and O–H groups in total. The van der Waals surface area contributed by atoms with E-state index in [1.165, 1.54) is 6.07 Å². The Morgan fingerprint density at radius 2 is 2.25 bits per heavy atom. The Hall–Kier alpha value is -1.07. The summed E-state index contributed by atoms with van der Waals surface area (Å²) >= 11 is 0. The van der Waals surface area contributed by atoms with Crippen LogP contribution in [0.1, 0.15) is 5.69 Å². The molecule has 1 heterocycles. The minimum absolute atomic E-state index is 0.558. The molecule has 0 unspecified atom stereocenters. The maximum atomic E-state index is 12.3. The van der Waals surface area contributed by atoms with E-state index in [0.717, 1.165) is 6.54 Å². The lowest BCUT2D eigenvalue weighted by atomic mass is 10.4. The largest absolute Gasteiger partial charge is 0.329 e. The van der Waals surface area contributed by atoms with E-state index in [2.05, 4.69) is 15.5 Å². The monoisotopic (exact) mass is 170 g/mol. The predicted molar refractivity (Wildman–Crippen MR) is 42.8 cm³/mol. The lowest BCUT2D eigenvalue weighted by Crippen LogP contribution is -2.22. The van der Waals surface area contributed by atoms with Crippen molar-refractivity contribution >= 4 is 0 Å². The van der Waals surface area contributed by atoms with Gasteiger partial charge in [-0.15, -0.1) is 5.10 Å².